The van der Waals surface area contributed by atoms with Gasteiger partial charge in [-0.2, -0.15) is 0 Å². The lowest BCUT2D eigenvalue weighted by Gasteiger charge is -2.19. The Morgan fingerprint density at radius 1 is 1.04 bits per heavy atom. The summed E-state index contributed by atoms with van der Waals surface area (Å²) in [5.74, 6) is 0.951. The van der Waals surface area contributed by atoms with Gasteiger partial charge in [-0.05, 0) is 43.5 Å². The van der Waals surface area contributed by atoms with Gasteiger partial charge in [0, 0.05) is 12.5 Å². The van der Waals surface area contributed by atoms with E-state index in [4.69, 9.17) is 16.3 Å². The summed E-state index contributed by atoms with van der Waals surface area (Å²) in [7, 11) is 0. The number of ether oxygens (including phenoxy) is 1. The number of alkyl halides is 1. The number of rotatable bonds is 8. The van der Waals surface area contributed by atoms with Crippen molar-refractivity contribution in [1.29, 1.82) is 0 Å². The Morgan fingerprint density at radius 3 is 2.25 bits per heavy atom. The van der Waals surface area contributed by atoms with Gasteiger partial charge < -0.3 is 10.1 Å². The molecule has 1 atom stereocenters. The molecule has 1 N–H and O–H groups in total. The average molecular weight is 346 g/mol. The number of carbonyl (C=O) groups excluding carboxylic acids is 1. The summed E-state index contributed by atoms with van der Waals surface area (Å²) in [4.78, 5) is 11.4. The van der Waals surface area contributed by atoms with E-state index in [9.17, 15) is 4.79 Å². The molecular formula is C20H24ClNO2. The van der Waals surface area contributed by atoms with Crippen LogP contribution in [0.2, 0.25) is 0 Å². The van der Waals surface area contributed by atoms with Crippen LogP contribution in [0.4, 0.5) is 0 Å². The first-order valence-electron chi connectivity index (χ1n) is 8.24. The molecule has 0 saturated carbocycles. The van der Waals surface area contributed by atoms with Gasteiger partial charge >= 0.3 is 0 Å². The molecule has 0 bridgehead atoms. The average Bonchev–Trinajstić information content (AvgIpc) is 2.60. The third kappa shape index (κ3) is 5.57. The molecular weight excluding hydrogens is 322 g/mol. The molecule has 0 aliphatic carbocycles. The topological polar surface area (TPSA) is 38.3 Å². The molecule has 0 saturated heterocycles. The van der Waals surface area contributed by atoms with E-state index in [2.05, 4.69) is 29.6 Å². The van der Waals surface area contributed by atoms with E-state index < -0.39 is 0 Å². The van der Waals surface area contributed by atoms with E-state index in [0.29, 0.717) is 6.54 Å². The molecule has 0 heterocycles. The van der Waals surface area contributed by atoms with Gasteiger partial charge in [0.2, 0.25) is 5.91 Å². The molecule has 128 valence electrons. The Hall–Kier alpha value is -2.00. The Kier molecular flexibility index (Phi) is 7.13. The minimum atomic E-state index is -0.135. The minimum absolute atomic E-state index is 0.00274. The lowest BCUT2D eigenvalue weighted by Crippen LogP contribution is -2.26. The van der Waals surface area contributed by atoms with Crippen LogP contribution in [-0.2, 0) is 4.79 Å². The zero-order valence-corrected chi connectivity index (χ0v) is 14.9. The van der Waals surface area contributed by atoms with Crippen LogP contribution in [0.3, 0.4) is 0 Å². The van der Waals surface area contributed by atoms with E-state index in [-0.39, 0.29) is 23.8 Å². The van der Waals surface area contributed by atoms with Gasteiger partial charge in [0.15, 0.2) is 0 Å². The summed E-state index contributed by atoms with van der Waals surface area (Å²) >= 11 is 5.53. The normalized spacial score (nSPS) is 12.0. The number of benzene rings is 2. The van der Waals surface area contributed by atoms with Crippen molar-refractivity contribution in [3.63, 3.8) is 0 Å². The van der Waals surface area contributed by atoms with Crippen molar-refractivity contribution in [2.75, 3.05) is 12.4 Å². The molecule has 1 unspecified atom stereocenters. The lowest BCUT2D eigenvalue weighted by molar-refractivity contribution is -0.118. The molecule has 24 heavy (non-hydrogen) atoms. The summed E-state index contributed by atoms with van der Waals surface area (Å²) in [6.07, 6.45) is 0.975. The summed E-state index contributed by atoms with van der Waals surface area (Å²) in [6, 6.07) is 18.5. The van der Waals surface area contributed by atoms with Crippen molar-refractivity contribution in [1.82, 2.24) is 5.32 Å². The second-order valence-corrected chi connectivity index (χ2v) is 6.24. The van der Waals surface area contributed by atoms with Crippen LogP contribution in [0, 0.1) is 0 Å². The van der Waals surface area contributed by atoms with Crippen molar-refractivity contribution < 1.29 is 9.53 Å². The highest BCUT2D eigenvalue weighted by atomic mass is 35.5. The van der Waals surface area contributed by atoms with E-state index in [1.54, 1.807) is 0 Å². The maximum atomic E-state index is 11.4. The monoisotopic (exact) mass is 345 g/mol. The number of hydrogen-bond acceptors (Lipinski definition) is 2. The van der Waals surface area contributed by atoms with Gasteiger partial charge in [-0.1, -0.05) is 42.5 Å². The summed E-state index contributed by atoms with van der Waals surface area (Å²) < 4.78 is 5.71. The molecule has 0 fully saturated rings. The van der Waals surface area contributed by atoms with Crippen molar-refractivity contribution >= 4 is 17.5 Å². The molecule has 0 aliphatic rings. The number of hydrogen-bond donors (Lipinski definition) is 1. The third-order valence-electron chi connectivity index (χ3n) is 3.73. The van der Waals surface area contributed by atoms with Gasteiger partial charge in [0.25, 0.3) is 0 Å². The van der Waals surface area contributed by atoms with Crippen molar-refractivity contribution in [3.8, 4) is 5.75 Å². The zero-order valence-electron chi connectivity index (χ0n) is 14.2. The molecule has 2 rings (SSSR count). The fourth-order valence-corrected chi connectivity index (χ4v) is 2.76. The molecule has 0 aromatic heterocycles. The molecule has 0 spiro atoms. The predicted octanol–water partition coefficient (Wildman–Crippen LogP) is 4.35. The molecule has 1 amide bonds. The molecule has 2 aromatic carbocycles. The second kappa shape index (κ2) is 9.33. The zero-order chi connectivity index (χ0) is 17.4. The number of carbonyl (C=O) groups is 1. The Labute approximate surface area is 149 Å². The largest absolute Gasteiger partial charge is 0.491 e. The maximum absolute atomic E-state index is 11.4. The van der Waals surface area contributed by atoms with Crippen molar-refractivity contribution in [2.45, 2.75) is 32.3 Å². The highest BCUT2D eigenvalue weighted by Gasteiger charge is 2.14. The van der Waals surface area contributed by atoms with Gasteiger partial charge in [-0.25, -0.2) is 0 Å². The van der Waals surface area contributed by atoms with E-state index in [1.807, 2.05) is 44.2 Å². The molecule has 4 heteroatoms. The summed E-state index contributed by atoms with van der Waals surface area (Å²) in [5.41, 5.74) is 2.44. The number of nitrogens with one attached hydrogen (secondary N) is 1. The SMILES string of the molecule is CC(C)Oc1ccc(C(CCNC(=O)CCl)c2ccccc2)cc1. The first-order chi connectivity index (χ1) is 11.6. The molecule has 2 aromatic rings. The molecule has 3 nitrogen and oxygen atoms in total. The second-order valence-electron chi connectivity index (χ2n) is 5.97. The Bertz CT molecular complexity index is 626. The smallest absolute Gasteiger partial charge is 0.234 e. The summed E-state index contributed by atoms with van der Waals surface area (Å²) in [6.45, 7) is 4.62. The quantitative estimate of drug-likeness (QED) is 0.722. The van der Waals surface area contributed by atoms with Crippen LogP contribution in [0.15, 0.2) is 54.6 Å². The first-order valence-corrected chi connectivity index (χ1v) is 8.78. The highest BCUT2D eigenvalue weighted by Crippen LogP contribution is 2.29. The number of amides is 1. The maximum Gasteiger partial charge on any atom is 0.234 e. The highest BCUT2D eigenvalue weighted by molar-refractivity contribution is 6.27. The fourth-order valence-electron chi connectivity index (χ4n) is 2.67. The van der Waals surface area contributed by atoms with Gasteiger partial charge in [0.1, 0.15) is 11.6 Å². The number of halogens is 1. The van der Waals surface area contributed by atoms with Crippen LogP contribution in [0.25, 0.3) is 0 Å². The molecule has 0 aliphatic heterocycles. The van der Waals surface area contributed by atoms with Crippen molar-refractivity contribution in [3.05, 3.63) is 65.7 Å². The Morgan fingerprint density at radius 2 is 1.67 bits per heavy atom. The minimum Gasteiger partial charge on any atom is -0.491 e. The van der Waals surface area contributed by atoms with E-state index >= 15 is 0 Å². The summed E-state index contributed by atoms with van der Waals surface area (Å²) in [5, 5.41) is 2.84. The van der Waals surface area contributed by atoms with Gasteiger partial charge in [-0.15, -0.1) is 11.6 Å². The van der Waals surface area contributed by atoms with Crippen LogP contribution in [0.1, 0.15) is 37.3 Å². The lowest BCUT2D eigenvalue weighted by atomic mass is 9.88. The standard InChI is InChI=1S/C20H24ClNO2/c1-15(2)24-18-10-8-17(9-11-18)19(12-13-22-20(23)14-21)16-6-4-3-5-7-16/h3-11,15,19H,12-14H2,1-2H3,(H,22,23). The van der Waals surface area contributed by atoms with Crippen LogP contribution in [-0.4, -0.2) is 24.4 Å². The van der Waals surface area contributed by atoms with Crippen LogP contribution in [0.5, 0.6) is 5.75 Å². The Balaban J connectivity index is 2.14. The van der Waals surface area contributed by atoms with Crippen LogP contribution < -0.4 is 10.1 Å². The third-order valence-corrected chi connectivity index (χ3v) is 3.98. The predicted molar refractivity (Wildman–Crippen MR) is 98.8 cm³/mol. The van der Waals surface area contributed by atoms with Gasteiger partial charge in [0.05, 0.1) is 6.10 Å². The van der Waals surface area contributed by atoms with Crippen LogP contribution >= 0.6 is 11.6 Å². The van der Waals surface area contributed by atoms with E-state index in [1.165, 1.54) is 11.1 Å². The van der Waals surface area contributed by atoms with Gasteiger partial charge in [-0.3, -0.25) is 4.79 Å². The molecule has 0 radical (unpaired) electrons. The first kappa shape index (κ1) is 18.3. The fraction of sp³-hybridized carbons (Fsp3) is 0.350. The van der Waals surface area contributed by atoms with E-state index in [0.717, 1.165) is 12.2 Å². The van der Waals surface area contributed by atoms with Crippen molar-refractivity contribution in [2.24, 2.45) is 0 Å².